The van der Waals surface area contributed by atoms with Gasteiger partial charge in [0, 0.05) is 24.6 Å². The zero-order valence-corrected chi connectivity index (χ0v) is 12.2. The van der Waals surface area contributed by atoms with E-state index < -0.39 is 0 Å². The molecule has 0 unspecified atom stereocenters. The number of carbonyl (C=O) groups is 1. The maximum Gasteiger partial charge on any atom is 0.225 e. The van der Waals surface area contributed by atoms with Gasteiger partial charge in [-0.1, -0.05) is 19.9 Å². The second-order valence-corrected chi connectivity index (χ2v) is 6.15. The molecule has 1 aromatic rings. The molecule has 2 aliphatic rings. The molecule has 1 aliphatic carbocycles. The third-order valence-electron chi connectivity index (χ3n) is 4.44. The lowest BCUT2D eigenvalue weighted by molar-refractivity contribution is -0.137. The first-order chi connectivity index (χ1) is 9.66. The third-order valence-corrected chi connectivity index (χ3v) is 4.44. The lowest BCUT2D eigenvalue weighted by atomic mass is 10.1. The number of likely N-dealkylation sites (tertiary alicyclic amines) is 1. The fourth-order valence-corrected chi connectivity index (χ4v) is 3.44. The number of nitrogens with zero attached hydrogens (tertiary/aromatic N) is 2. The van der Waals surface area contributed by atoms with Crippen molar-refractivity contribution in [3.05, 3.63) is 30.1 Å². The standard InChI is InChI=1S/C16H22N2O2/c1-11(2)16(19)18-9-12-6-7-14(18)15(12)20-10-13-5-3-4-8-17-13/h3-5,8,11-12,14-15H,6-7,9-10H2,1-2H3/t12-,14+,15+/m1/s1. The summed E-state index contributed by atoms with van der Waals surface area (Å²) in [6.07, 6.45) is 4.24. The Labute approximate surface area is 120 Å². The summed E-state index contributed by atoms with van der Waals surface area (Å²) in [5.74, 6) is 0.848. The van der Waals surface area contributed by atoms with Crippen molar-refractivity contribution in [3.8, 4) is 0 Å². The van der Waals surface area contributed by atoms with Crippen LogP contribution in [0.5, 0.6) is 0 Å². The van der Waals surface area contributed by atoms with E-state index in [2.05, 4.69) is 4.98 Å². The zero-order valence-electron chi connectivity index (χ0n) is 12.2. The molecule has 2 bridgehead atoms. The van der Waals surface area contributed by atoms with Gasteiger partial charge in [0.1, 0.15) is 0 Å². The van der Waals surface area contributed by atoms with Crippen LogP contribution >= 0.6 is 0 Å². The molecule has 0 aromatic carbocycles. The molecule has 20 heavy (non-hydrogen) atoms. The van der Waals surface area contributed by atoms with Crippen LogP contribution in [0, 0.1) is 11.8 Å². The first kappa shape index (κ1) is 13.6. The van der Waals surface area contributed by atoms with Crippen molar-refractivity contribution < 1.29 is 9.53 Å². The molecule has 1 saturated carbocycles. The van der Waals surface area contributed by atoms with Gasteiger partial charge in [-0.15, -0.1) is 0 Å². The Morgan fingerprint density at radius 2 is 2.30 bits per heavy atom. The zero-order chi connectivity index (χ0) is 14.1. The summed E-state index contributed by atoms with van der Waals surface area (Å²) in [7, 11) is 0. The van der Waals surface area contributed by atoms with Gasteiger partial charge in [-0.05, 0) is 25.0 Å². The molecule has 0 N–H and O–H groups in total. The normalized spacial score (nSPS) is 28.4. The van der Waals surface area contributed by atoms with Crippen molar-refractivity contribution in [1.82, 2.24) is 9.88 Å². The highest BCUT2D eigenvalue weighted by Gasteiger charge is 2.49. The van der Waals surface area contributed by atoms with Crippen LogP contribution in [0.15, 0.2) is 24.4 Å². The van der Waals surface area contributed by atoms with Gasteiger partial charge in [-0.3, -0.25) is 9.78 Å². The maximum atomic E-state index is 12.2. The van der Waals surface area contributed by atoms with Crippen LogP contribution in [0.4, 0.5) is 0 Å². The summed E-state index contributed by atoms with van der Waals surface area (Å²) in [5, 5.41) is 0. The van der Waals surface area contributed by atoms with Crippen molar-refractivity contribution in [2.24, 2.45) is 11.8 Å². The Balaban J connectivity index is 1.63. The summed E-state index contributed by atoms with van der Waals surface area (Å²) < 4.78 is 6.08. The predicted octanol–water partition coefficient (Wildman–Crippen LogP) is 2.24. The van der Waals surface area contributed by atoms with E-state index in [1.807, 2.05) is 36.9 Å². The summed E-state index contributed by atoms with van der Waals surface area (Å²) in [6.45, 7) is 5.35. The lowest BCUT2D eigenvalue weighted by Gasteiger charge is -2.28. The molecule has 4 nitrogen and oxygen atoms in total. The Kier molecular flexibility index (Phi) is 3.74. The molecule has 0 radical (unpaired) electrons. The quantitative estimate of drug-likeness (QED) is 0.845. The summed E-state index contributed by atoms with van der Waals surface area (Å²) in [4.78, 5) is 18.5. The number of hydrogen-bond donors (Lipinski definition) is 0. The molecule has 1 amide bonds. The van der Waals surface area contributed by atoms with Crippen LogP contribution in [-0.2, 0) is 16.1 Å². The van der Waals surface area contributed by atoms with E-state index in [0.29, 0.717) is 12.5 Å². The average molecular weight is 274 g/mol. The van der Waals surface area contributed by atoms with Crippen LogP contribution in [0.2, 0.25) is 0 Å². The van der Waals surface area contributed by atoms with Crippen molar-refractivity contribution >= 4 is 5.91 Å². The van der Waals surface area contributed by atoms with Gasteiger partial charge in [0.05, 0.1) is 24.4 Å². The Bertz CT molecular complexity index is 475. The largest absolute Gasteiger partial charge is 0.369 e. The van der Waals surface area contributed by atoms with Gasteiger partial charge in [-0.2, -0.15) is 0 Å². The summed E-state index contributed by atoms with van der Waals surface area (Å²) >= 11 is 0. The Hall–Kier alpha value is -1.42. The molecule has 2 heterocycles. The first-order valence-corrected chi connectivity index (χ1v) is 7.49. The van der Waals surface area contributed by atoms with Gasteiger partial charge in [0.25, 0.3) is 0 Å². The van der Waals surface area contributed by atoms with Gasteiger partial charge in [-0.25, -0.2) is 0 Å². The molecule has 4 heteroatoms. The van der Waals surface area contributed by atoms with Crippen LogP contribution in [0.25, 0.3) is 0 Å². The minimum atomic E-state index is 0.0748. The minimum Gasteiger partial charge on any atom is -0.369 e. The number of amides is 1. The van der Waals surface area contributed by atoms with Crippen LogP contribution in [-0.4, -0.2) is 34.5 Å². The van der Waals surface area contributed by atoms with Gasteiger partial charge >= 0.3 is 0 Å². The number of ether oxygens (including phenoxy) is 1. The van der Waals surface area contributed by atoms with Crippen molar-refractivity contribution in [2.75, 3.05) is 6.54 Å². The Morgan fingerprint density at radius 3 is 3.00 bits per heavy atom. The number of carbonyl (C=O) groups excluding carboxylic acids is 1. The molecule has 1 aromatic heterocycles. The van der Waals surface area contributed by atoms with E-state index in [1.54, 1.807) is 6.20 Å². The van der Waals surface area contributed by atoms with Gasteiger partial charge < -0.3 is 9.64 Å². The van der Waals surface area contributed by atoms with E-state index in [1.165, 1.54) is 6.42 Å². The number of fused-ring (bicyclic) bond motifs is 2. The van der Waals surface area contributed by atoms with Crippen LogP contribution in [0.1, 0.15) is 32.4 Å². The Morgan fingerprint density at radius 1 is 1.45 bits per heavy atom. The fraction of sp³-hybridized carbons (Fsp3) is 0.625. The molecule has 1 aliphatic heterocycles. The number of pyridine rings is 1. The number of piperidine rings is 1. The second kappa shape index (κ2) is 5.52. The topological polar surface area (TPSA) is 42.4 Å². The molecule has 0 spiro atoms. The van der Waals surface area contributed by atoms with Crippen molar-refractivity contribution in [1.29, 1.82) is 0 Å². The van der Waals surface area contributed by atoms with Crippen LogP contribution < -0.4 is 0 Å². The molecule has 108 valence electrons. The molecular weight excluding hydrogens is 252 g/mol. The highest BCUT2D eigenvalue weighted by atomic mass is 16.5. The SMILES string of the molecule is CC(C)C(=O)N1C[C@H]2CC[C@H]1[C@H]2OCc1ccccn1. The number of rotatable bonds is 4. The number of hydrogen-bond acceptors (Lipinski definition) is 3. The van der Waals surface area contributed by atoms with Crippen molar-refractivity contribution in [2.45, 2.75) is 45.4 Å². The minimum absolute atomic E-state index is 0.0748. The van der Waals surface area contributed by atoms with Gasteiger partial charge in [0.15, 0.2) is 0 Å². The van der Waals surface area contributed by atoms with Gasteiger partial charge in [0.2, 0.25) is 5.91 Å². The van der Waals surface area contributed by atoms with Crippen LogP contribution in [0.3, 0.4) is 0 Å². The fourth-order valence-electron chi connectivity index (χ4n) is 3.44. The summed E-state index contributed by atoms with van der Waals surface area (Å²) in [6, 6.07) is 6.14. The van der Waals surface area contributed by atoms with E-state index in [4.69, 9.17) is 4.74 Å². The third kappa shape index (κ3) is 2.44. The summed E-state index contributed by atoms with van der Waals surface area (Å²) in [5.41, 5.74) is 0.959. The first-order valence-electron chi connectivity index (χ1n) is 7.49. The molecule has 1 saturated heterocycles. The predicted molar refractivity (Wildman–Crippen MR) is 75.9 cm³/mol. The average Bonchev–Trinajstić information content (AvgIpc) is 3.02. The van der Waals surface area contributed by atoms with E-state index >= 15 is 0 Å². The molecular formula is C16H22N2O2. The highest BCUT2D eigenvalue weighted by Crippen LogP contribution is 2.40. The van der Waals surface area contributed by atoms with Crippen molar-refractivity contribution in [3.63, 3.8) is 0 Å². The monoisotopic (exact) mass is 274 g/mol. The number of aromatic nitrogens is 1. The van der Waals surface area contributed by atoms with E-state index in [9.17, 15) is 4.79 Å². The lowest BCUT2D eigenvalue weighted by Crippen LogP contribution is -2.42. The molecule has 2 fully saturated rings. The smallest absolute Gasteiger partial charge is 0.225 e. The molecule has 3 atom stereocenters. The molecule has 3 rings (SSSR count). The highest BCUT2D eigenvalue weighted by molar-refractivity contribution is 5.79. The van der Waals surface area contributed by atoms with E-state index in [0.717, 1.165) is 18.7 Å². The maximum absolute atomic E-state index is 12.2. The second-order valence-electron chi connectivity index (χ2n) is 6.15. The van der Waals surface area contributed by atoms with E-state index in [-0.39, 0.29) is 24.0 Å².